The molecule has 0 aliphatic heterocycles. The van der Waals surface area contributed by atoms with Crippen molar-refractivity contribution in [2.24, 2.45) is 7.05 Å². The number of carbonyl (C=O) groups is 1. The van der Waals surface area contributed by atoms with Gasteiger partial charge >= 0.3 is 0 Å². The van der Waals surface area contributed by atoms with E-state index in [1.807, 2.05) is 49.0 Å². The second kappa shape index (κ2) is 6.59. The first-order valence-electron chi connectivity index (χ1n) is 8.02. The Morgan fingerprint density at radius 2 is 2.08 bits per heavy atom. The minimum absolute atomic E-state index is 0.173. The molecular weight excluding hydrogens is 370 g/mol. The number of thiophene rings is 1. The van der Waals surface area contributed by atoms with Crippen LogP contribution in [-0.4, -0.2) is 25.5 Å². The van der Waals surface area contributed by atoms with Crippen molar-refractivity contribution in [1.82, 2.24) is 19.6 Å². The lowest BCUT2D eigenvalue weighted by Crippen LogP contribution is -2.11. The van der Waals surface area contributed by atoms with Crippen LogP contribution in [0.15, 0.2) is 42.6 Å². The number of hydrogen-bond donors (Lipinski definition) is 1. The molecule has 0 unspecified atom stereocenters. The molecule has 8 heteroatoms. The number of amides is 1. The zero-order valence-corrected chi connectivity index (χ0v) is 15.8. The maximum atomic E-state index is 12.5. The standard InChI is InChI=1S/C18H16ClN5OS/c1-11-13-9-15(17(25)20-16-7-8-23(2)22-16)26-18(13)24(21-11)10-12-5-3-4-6-14(12)19/h3-9H,10H2,1-2H3,(H,20,22,25). The highest BCUT2D eigenvalue weighted by Gasteiger charge is 2.17. The van der Waals surface area contributed by atoms with E-state index >= 15 is 0 Å². The van der Waals surface area contributed by atoms with Crippen molar-refractivity contribution in [3.05, 3.63) is 63.8 Å². The summed E-state index contributed by atoms with van der Waals surface area (Å²) in [7, 11) is 1.81. The lowest BCUT2D eigenvalue weighted by atomic mass is 10.2. The molecule has 26 heavy (non-hydrogen) atoms. The van der Waals surface area contributed by atoms with Crippen LogP contribution in [-0.2, 0) is 13.6 Å². The first-order valence-corrected chi connectivity index (χ1v) is 9.22. The molecule has 0 saturated heterocycles. The summed E-state index contributed by atoms with van der Waals surface area (Å²) in [4.78, 5) is 14.1. The Hall–Kier alpha value is -2.64. The van der Waals surface area contributed by atoms with Crippen molar-refractivity contribution in [3.8, 4) is 0 Å². The SMILES string of the molecule is Cc1nn(Cc2ccccc2Cl)c2sc(C(=O)Nc3ccn(C)n3)cc12. The number of aryl methyl sites for hydroxylation is 2. The second-order valence-corrected chi connectivity index (χ2v) is 7.43. The van der Waals surface area contributed by atoms with Gasteiger partial charge in [0.1, 0.15) is 4.83 Å². The van der Waals surface area contributed by atoms with Crippen molar-refractivity contribution in [3.63, 3.8) is 0 Å². The smallest absolute Gasteiger partial charge is 0.267 e. The molecular formula is C18H16ClN5OS. The molecule has 0 aliphatic rings. The third kappa shape index (κ3) is 3.11. The van der Waals surface area contributed by atoms with Gasteiger partial charge in [0, 0.05) is 29.7 Å². The molecule has 3 heterocycles. The zero-order chi connectivity index (χ0) is 18.3. The number of nitrogens with one attached hydrogen (secondary N) is 1. The summed E-state index contributed by atoms with van der Waals surface area (Å²) in [6.07, 6.45) is 1.78. The number of anilines is 1. The Balaban J connectivity index is 1.65. The molecule has 4 aromatic rings. The summed E-state index contributed by atoms with van der Waals surface area (Å²) in [6, 6.07) is 11.3. The number of rotatable bonds is 4. The van der Waals surface area contributed by atoms with E-state index in [4.69, 9.17) is 11.6 Å². The molecule has 1 aromatic carbocycles. The summed E-state index contributed by atoms with van der Waals surface area (Å²) in [5.41, 5.74) is 1.88. The molecule has 6 nitrogen and oxygen atoms in total. The van der Waals surface area contributed by atoms with Crippen LogP contribution in [0.3, 0.4) is 0 Å². The summed E-state index contributed by atoms with van der Waals surface area (Å²) in [5.74, 6) is 0.359. The Bertz CT molecular complexity index is 1110. The summed E-state index contributed by atoms with van der Waals surface area (Å²) < 4.78 is 3.54. The molecule has 0 fully saturated rings. The quantitative estimate of drug-likeness (QED) is 0.575. The summed E-state index contributed by atoms with van der Waals surface area (Å²) in [5, 5.41) is 13.3. The van der Waals surface area contributed by atoms with Crippen molar-refractivity contribution in [1.29, 1.82) is 0 Å². The zero-order valence-electron chi connectivity index (χ0n) is 14.2. The van der Waals surface area contributed by atoms with Crippen molar-refractivity contribution in [2.45, 2.75) is 13.5 Å². The first-order chi connectivity index (χ1) is 12.5. The lowest BCUT2D eigenvalue weighted by molar-refractivity contribution is 0.103. The van der Waals surface area contributed by atoms with Crippen LogP contribution in [0.1, 0.15) is 20.9 Å². The van der Waals surface area contributed by atoms with E-state index in [2.05, 4.69) is 15.5 Å². The van der Waals surface area contributed by atoms with Gasteiger partial charge in [-0.25, -0.2) is 0 Å². The summed E-state index contributed by atoms with van der Waals surface area (Å²) >= 11 is 7.68. The minimum Gasteiger partial charge on any atom is -0.304 e. The van der Waals surface area contributed by atoms with Crippen molar-refractivity contribution >= 4 is 44.9 Å². The number of halogens is 1. The van der Waals surface area contributed by atoms with E-state index in [0.717, 1.165) is 21.5 Å². The highest BCUT2D eigenvalue weighted by molar-refractivity contribution is 7.20. The van der Waals surface area contributed by atoms with Gasteiger partial charge in [0.25, 0.3) is 5.91 Å². The van der Waals surface area contributed by atoms with Gasteiger partial charge in [-0.15, -0.1) is 11.3 Å². The highest BCUT2D eigenvalue weighted by Crippen LogP contribution is 2.30. The maximum Gasteiger partial charge on any atom is 0.267 e. The van der Waals surface area contributed by atoms with E-state index in [-0.39, 0.29) is 5.91 Å². The van der Waals surface area contributed by atoms with Crippen molar-refractivity contribution in [2.75, 3.05) is 5.32 Å². The number of benzene rings is 1. The fourth-order valence-electron chi connectivity index (χ4n) is 2.78. The van der Waals surface area contributed by atoms with Crippen LogP contribution in [0.5, 0.6) is 0 Å². The maximum absolute atomic E-state index is 12.5. The normalized spacial score (nSPS) is 11.2. The molecule has 0 aliphatic carbocycles. The highest BCUT2D eigenvalue weighted by atomic mass is 35.5. The van der Waals surface area contributed by atoms with Crippen molar-refractivity contribution < 1.29 is 4.79 Å². The first kappa shape index (κ1) is 16.8. The molecule has 0 spiro atoms. The number of fused-ring (bicyclic) bond motifs is 1. The lowest BCUT2D eigenvalue weighted by Gasteiger charge is -2.05. The topological polar surface area (TPSA) is 64.7 Å². The second-order valence-electron chi connectivity index (χ2n) is 5.99. The van der Waals surface area contributed by atoms with Gasteiger partial charge in [0.05, 0.1) is 17.1 Å². The van der Waals surface area contributed by atoms with Gasteiger partial charge in [-0.1, -0.05) is 29.8 Å². The van der Waals surface area contributed by atoms with E-state index in [1.165, 1.54) is 11.3 Å². The van der Waals surface area contributed by atoms with Crippen LogP contribution in [0.25, 0.3) is 10.2 Å². The van der Waals surface area contributed by atoms with E-state index in [1.54, 1.807) is 16.9 Å². The molecule has 3 aromatic heterocycles. The molecule has 0 bridgehead atoms. The monoisotopic (exact) mass is 385 g/mol. The molecule has 0 atom stereocenters. The van der Waals surface area contributed by atoms with Gasteiger partial charge < -0.3 is 5.32 Å². The molecule has 1 N–H and O–H groups in total. The van der Waals surface area contributed by atoms with Crippen LogP contribution in [0, 0.1) is 6.92 Å². The minimum atomic E-state index is -0.173. The van der Waals surface area contributed by atoms with Gasteiger partial charge in [-0.05, 0) is 24.6 Å². The molecule has 0 saturated carbocycles. The molecule has 1 amide bonds. The van der Waals surface area contributed by atoms with Gasteiger partial charge in [-0.3, -0.25) is 14.2 Å². The average molecular weight is 386 g/mol. The van der Waals surface area contributed by atoms with E-state index in [0.29, 0.717) is 22.3 Å². The number of carbonyl (C=O) groups excluding carboxylic acids is 1. The van der Waals surface area contributed by atoms with Crippen LogP contribution in [0.2, 0.25) is 5.02 Å². The fraction of sp³-hybridized carbons (Fsp3) is 0.167. The van der Waals surface area contributed by atoms with Gasteiger partial charge in [0.2, 0.25) is 0 Å². The molecule has 4 rings (SSSR count). The van der Waals surface area contributed by atoms with E-state index < -0.39 is 0 Å². The van der Waals surface area contributed by atoms with E-state index in [9.17, 15) is 4.79 Å². The number of aromatic nitrogens is 4. The molecule has 0 radical (unpaired) electrons. The van der Waals surface area contributed by atoms with Crippen LogP contribution < -0.4 is 5.32 Å². The average Bonchev–Trinajstić information content (AvgIpc) is 3.28. The fourth-order valence-corrected chi connectivity index (χ4v) is 4.03. The number of hydrogen-bond acceptors (Lipinski definition) is 4. The summed E-state index contributed by atoms with van der Waals surface area (Å²) in [6.45, 7) is 2.50. The Morgan fingerprint density at radius 1 is 1.27 bits per heavy atom. The van der Waals surface area contributed by atoms with Crippen LogP contribution in [0.4, 0.5) is 5.82 Å². The van der Waals surface area contributed by atoms with Gasteiger partial charge in [-0.2, -0.15) is 10.2 Å². The largest absolute Gasteiger partial charge is 0.304 e. The number of nitrogens with zero attached hydrogens (tertiary/aromatic N) is 4. The third-order valence-corrected chi connectivity index (χ3v) is 5.58. The predicted molar refractivity (Wildman–Crippen MR) is 104 cm³/mol. The Kier molecular flexibility index (Phi) is 4.26. The predicted octanol–water partition coefficient (Wildman–Crippen LogP) is 4.09. The Labute approximate surface area is 159 Å². The Morgan fingerprint density at radius 3 is 2.81 bits per heavy atom. The van der Waals surface area contributed by atoms with Gasteiger partial charge in [0.15, 0.2) is 5.82 Å². The molecule has 132 valence electrons. The van der Waals surface area contributed by atoms with Crippen LogP contribution >= 0.6 is 22.9 Å². The third-order valence-electron chi connectivity index (χ3n) is 4.06.